The van der Waals surface area contributed by atoms with Crippen LogP contribution in [0.5, 0.6) is 0 Å². The highest BCUT2D eigenvalue weighted by Gasteiger charge is 2.45. The Morgan fingerprint density at radius 1 is 1.09 bits per heavy atom. The second-order valence-electron chi connectivity index (χ2n) is 8.59. The zero-order chi connectivity index (χ0) is 23.1. The van der Waals surface area contributed by atoms with Crippen LogP contribution in [0.15, 0.2) is 69.4 Å². The molecule has 11 heteroatoms. The van der Waals surface area contributed by atoms with Gasteiger partial charge in [0, 0.05) is 31.4 Å². The molecule has 4 aromatic heterocycles. The Kier molecular flexibility index (Phi) is 4.93. The van der Waals surface area contributed by atoms with Gasteiger partial charge in [0.05, 0.1) is 12.5 Å². The number of fused-ring (bicyclic) bond motifs is 2. The molecule has 0 amide bonds. The zero-order valence-corrected chi connectivity index (χ0v) is 18.5. The van der Waals surface area contributed by atoms with Crippen LogP contribution in [-0.2, 0) is 13.6 Å². The van der Waals surface area contributed by atoms with Crippen molar-refractivity contribution in [3.8, 4) is 11.5 Å². The minimum absolute atomic E-state index is 0.187. The Bertz CT molecular complexity index is 1460. The number of aromatic nitrogens is 7. The van der Waals surface area contributed by atoms with Gasteiger partial charge in [-0.05, 0) is 36.5 Å². The Morgan fingerprint density at radius 3 is 2.71 bits per heavy atom. The molecule has 11 nitrogen and oxygen atoms in total. The van der Waals surface area contributed by atoms with Gasteiger partial charge < -0.3 is 18.4 Å². The third-order valence-electron chi connectivity index (χ3n) is 6.28. The normalized spacial score (nSPS) is 18.6. The molecule has 0 spiro atoms. The summed E-state index contributed by atoms with van der Waals surface area (Å²) in [6.07, 6.45) is 9.00. The lowest BCUT2D eigenvalue weighted by molar-refractivity contribution is 0.368. The van der Waals surface area contributed by atoms with Gasteiger partial charge in [-0.25, -0.2) is 15.0 Å². The smallest absolute Gasteiger partial charge is 0.280 e. The summed E-state index contributed by atoms with van der Waals surface area (Å²) in [6, 6.07) is 8.48. The number of anilines is 1. The van der Waals surface area contributed by atoms with Crippen molar-refractivity contribution in [1.82, 2.24) is 34.2 Å². The van der Waals surface area contributed by atoms with Crippen molar-refractivity contribution in [3.63, 3.8) is 0 Å². The Labute approximate surface area is 193 Å². The lowest BCUT2D eigenvalue weighted by Crippen LogP contribution is -2.22. The van der Waals surface area contributed by atoms with E-state index in [1.54, 1.807) is 30.4 Å². The van der Waals surface area contributed by atoms with Gasteiger partial charge >= 0.3 is 0 Å². The number of piperidine rings is 1. The molecule has 2 atom stereocenters. The molecule has 5 aromatic rings. The number of imidazole rings is 1. The van der Waals surface area contributed by atoms with Gasteiger partial charge in [-0.15, -0.1) is 0 Å². The highest BCUT2D eigenvalue weighted by molar-refractivity contribution is 5.68. The van der Waals surface area contributed by atoms with Crippen molar-refractivity contribution in [2.24, 2.45) is 18.9 Å². The van der Waals surface area contributed by atoms with E-state index < -0.39 is 0 Å². The summed E-state index contributed by atoms with van der Waals surface area (Å²) in [6.45, 7) is 2.65. The van der Waals surface area contributed by atoms with Crippen molar-refractivity contribution in [1.29, 1.82) is 0 Å². The summed E-state index contributed by atoms with van der Waals surface area (Å²) in [5, 5.41) is 3.48. The minimum atomic E-state index is -0.187. The maximum absolute atomic E-state index is 12.1. The van der Waals surface area contributed by atoms with Crippen LogP contribution < -0.4 is 10.5 Å². The second kappa shape index (κ2) is 8.25. The molecule has 1 aliphatic heterocycles. The number of hydrogen-bond donors (Lipinski definition) is 0. The van der Waals surface area contributed by atoms with Crippen molar-refractivity contribution in [3.05, 3.63) is 72.0 Å². The first-order chi connectivity index (χ1) is 16.7. The summed E-state index contributed by atoms with van der Waals surface area (Å²) in [4.78, 5) is 30.7. The zero-order valence-electron chi connectivity index (χ0n) is 18.5. The summed E-state index contributed by atoms with van der Waals surface area (Å²) in [5.74, 6) is 2.98. The molecule has 1 saturated heterocycles. The molecular weight excluding hydrogens is 436 g/mol. The maximum Gasteiger partial charge on any atom is 0.280 e. The fourth-order valence-corrected chi connectivity index (χ4v) is 4.41. The standard InChI is InChI=1S/C14H14N2O.C9H8N6O2/c1-2-10(14-15-4-5-17-14)7-13(3-1)16-8-11-6-12(11)9-16;1-14-4-11-8-7(14)9(16)15(5-12-8)2-6-10-3-13-17-6/h1-5,7,11-12H,6,8-9H2;3-5H,2H2,1H3. The van der Waals surface area contributed by atoms with E-state index in [1.165, 1.54) is 42.4 Å². The molecule has 0 radical (unpaired) electrons. The fraction of sp³-hybridized carbons (Fsp3) is 0.304. The van der Waals surface area contributed by atoms with E-state index in [0.29, 0.717) is 22.9 Å². The molecule has 7 rings (SSSR count). The summed E-state index contributed by atoms with van der Waals surface area (Å²) < 4.78 is 13.2. The molecule has 1 aromatic carbocycles. The van der Waals surface area contributed by atoms with E-state index in [9.17, 15) is 4.79 Å². The molecule has 2 unspecified atom stereocenters. The molecule has 172 valence electrons. The average Bonchev–Trinajstić information content (AvgIpc) is 3.44. The number of benzene rings is 1. The predicted octanol–water partition coefficient (Wildman–Crippen LogP) is 2.36. The molecule has 1 saturated carbocycles. The first-order valence-corrected chi connectivity index (χ1v) is 11.0. The molecule has 5 heterocycles. The molecule has 0 bridgehead atoms. The van der Waals surface area contributed by atoms with Crippen molar-refractivity contribution in [2.75, 3.05) is 18.0 Å². The van der Waals surface area contributed by atoms with Crippen LogP contribution in [0.3, 0.4) is 0 Å². The monoisotopic (exact) mass is 458 g/mol. The lowest BCUT2D eigenvalue weighted by Gasteiger charge is -2.20. The molecule has 1 aliphatic carbocycles. The topological polar surface area (TPSA) is 121 Å². The largest absolute Gasteiger partial charge is 0.445 e. The van der Waals surface area contributed by atoms with Gasteiger partial charge in [-0.3, -0.25) is 9.36 Å². The summed E-state index contributed by atoms with van der Waals surface area (Å²) in [7, 11) is 1.75. The SMILES string of the molecule is Cn1cnc2ncn(Cc3ncno3)c(=O)c21.c1cc(-c2ncco2)cc(N2CC3CC3C2)c1. The van der Waals surface area contributed by atoms with Gasteiger partial charge in [0.1, 0.15) is 19.1 Å². The Morgan fingerprint density at radius 2 is 1.94 bits per heavy atom. The van der Waals surface area contributed by atoms with Gasteiger partial charge in [0.25, 0.3) is 5.56 Å². The number of aryl methyl sites for hydroxylation is 1. The first kappa shape index (κ1) is 20.3. The van der Waals surface area contributed by atoms with E-state index in [4.69, 9.17) is 8.94 Å². The predicted molar refractivity (Wildman–Crippen MR) is 122 cm³/mol. The lowest BCUT2D eigenvalue weighted by atomic mass is 10.2. The van der Waals surface area contributed by atoms with E-state index in [2.05, 4.69) is 48.2 Å². The molecular formula is C23H22N8O3. The first-order valence-electron chi connectivity index (χ1n) is 11.0. The van der Waals surface area contributed by atoms with Crippen LogP contribution in [0, 0.1) is 11.8 Å². The highest BCUT2D eigenvalue weighted by Crippen LogP contribution is 2.46. The molecule has 2 aliphatic rings. The third kappa shape index (κ3) is 3.85. The highest BCUT2D eigenvalue weighted by atomic mass is 16.5. The minimum Gasteiger partial charge on any atom is -0.445 e. The molecule has 34 heavy (non-hydrogen) atoms. The average molecular weight is 458 g/mol. The molecule has 2 fully saturated rings. The van der Waals surface area contributed by atoms with Crippen LogP contribution in [0.25, 0.3) is 22.6 Å². The Balaban J connectivity index is 0.000000128. The van der Waals surface area contributed by atoms with Gasteiger partial charge in [0.2, 0.25) is 11.8 Å². The van der Waals surface area contributed by atoms with E-state index in [-0.39, 0.29) is 12.1 Å². The number of nitrogens with zero attached hydrogens (tertiary/aromatic N) is 8. The van der Waals surface area contributed by atoms with E-state index in [1.807, 2.05) is 6.07 Å². The number of rotatable bonds is 4. The Hall–Kier alpha value is -4.28. The fourth-order valence-electron chi connectivity index (χ4n) is 4.41. The third-order valence-corrected chi connectivity index (χ3v) is 6.28. The van der Waals surface area contributed by atoms with Crippen molar-refractivity contribution >= 4 is 16.9 Å². The van der Waals surface area contributed by atoms with E-state index in [0.717, 1.165) is 17.4 Å². The summed E-state index contributed by atoms with van der Waals surface area (Å²) >= 11 is 0. The van der Waals surface area contributed by atoms with Crippen LogP contribution in [0.4, 0.5) is 5.69 Å². The number of hydrogen-bond acceptors (Lipinski definition) is 9. The van der Waals surface area contributed by atoms with Gasteiger partial charge in [0.15, 0.2) is 17.5 Å². The molecule has 0 N–H and O–H groups in total. The quantitative estimate of drug-likeness (QED) is 0.399. The second-order valence-corrected chi connectivity index (χ2v) is 8.59. The summed E-state index contributed by atoms with van der Waals surface area (Å²) in [5.41, 5.74) is 3.06. The van der Waals surface area contributed by atoms with Gasteiger partial charge in [-0.2, -0.15) is 4.98 Å². The van der Waals surface area contributed by atoms with Crippen molar-refractivity contribution in [2.45, 2.75) is 13.0 Å². The van der Waals surface area contributed by atoms with Crippen LogP contribution in [0.1, 0.15) is 12.3 Å². The maximum atomic E-state index is 12.1. The van der Waals surface area contributed by atoms with Crippen LogP contribution >= 0.6 is 0 Å². The van der Waals surface area contributed by atoms with Crippen LogP contribution in [-0.4, -0.2) is 47.3 Å². The van der Waals surface area contributed by atoms with Crippen molar-refractivity contribution < 1.29 is 8.94 Å². The van der Waals surface area contributed by atoms with Gasteiger partial charge in [-0.1, -0.05) is 11.2 Å². The van der Waals surface area contributed by atoms with Crippen LogP contribution in [0.2, 0.25) is 0 Å². The number of oxazole rings is 1. The van der Waals surface area contributed by atoms with E-state index >= 15 is 0 Å².